The van der Waals surface area contributed by atoms with Gasteiger partial charge in [-0.1, -0.05) is 0 Å². The average molecular weight is 358 g/mol. The quantitative estimate of drug-likeness (QED) is 0.876. The lowest BCUT2D eigenvalue weighted by molar-refractivity contribution is 0.0851. The molecule has 0 radical (unpaired) electrons. The van der Waals surface area contributed by atoms with Gasteiger partial charge < -0.3 is 15.5 Å². The summed E-state index contributed by atoms with van der Waals surface area (Å²) in [5, 5.41) is 0. The molecule has 1 fully saturated rings. The van der Waals surface area contributed by atoms with E-state index < -0.39 is 11.7 Å². The Bertz CT molecular complexity index is 735. The maximum absolute atomic E-state index is 11.9. The number of nitrogens with zero attached hydrogens (tertiary/aromatic N) is 1. The van der Waals surface area contributed by atoms with Gasteiger partial charge >= 0.3 is 6.09 Å². The van der Waals surface area contributed by atoms with Gasteiger partial charge in [0, 0.05) is 6.42 Å². The zero-order valence-electron chi connectivity index (χ0n) is 10.4. The van der Waals surface area contributed by atoms with Crippen LogP contribution in [0.5, 0.6) is 0 Å². The number of fused-ring (bicyclic) bond motifs is 1. The number of aromatic amines is 1. The minimum Gasteiger partial charge on any atom is -0.443 e. The van der Waals surface area contributed by atoms with Gasteiger partial charge in [-0.2, -0.15) is 0 Å². The monoisotopic (exact) mass is 357 g/mol. The molecule has 0 saturated heterocycles. The lowest BCUT2D eigenvalue weighted by Gasteiger charge is -2.14. The van der Waals surface area contributed by atoms with Crippen LogP contribution in [0.15, 0.2) is 14.6 Å². The van der Waals surface area contributed by atoms with Crippen molar-refractivity contribution in [3.05, 3.63) is 26.0 Å². The molecule has 3 rings (SSSR count). The fourth-order valence-electron chi connectivity index (χ4n) is 2.18. The number of thiophene rings is 1. The molecule has 0 spiro atoms. The van der Waals surface area contributed by atoms with Crippen molar-refractivity contribution in [2.45, 2.75) is 31.3 Å². The van der Waals surface area contributed by atoms with Crippen LogP contribution in [0.2, 0.25) is 0 Å². The highest BCUT2D eigenvalue weighted by atomic mass is 79.9. The minimum absolute atomic E-state index is 0.138. The van der Waals surface area contributed by atoms with Crippen molar-refractivity contribution in [2.24, 2.45) is 5.73 Å². The number of hydrogen-bond acceptors (Lipinski definition) is 5. The molecule has 1 amide bonds. The summed E-state index contributed by atoms with van der Waals surface area (Å²) in [6, 6.07) is 1.82. The largest absolute Gasteiger partial charge is 0.443 e. The van der Waals surface area contributed by atoms with E-state index in [2.05, 4.69) is 25.9 Å². The van der Waals surface area contributed by atoms with Crippen molar-refractivity contribution in [2.75, 3.05) is 0 Å². The molecule has 6 nitrogen and oxygen atoms in total. The molecule has 2 heterocycles. The number of amides is 1. The predicted octanol–water partition coefficient (Wildman–Crippen LogP) is 2.31. The van der Waals surface area contributed by atoms with Gasteiger partial charge in [-0.05, 0) is 41.3 Å². The van der Waals surface area contributed by atoms with Gasteiger partial charge in [0.05, 0.1) is 9.30 Å². The summed E-state index contributed by atoms with van der Waals surface area (Å²) >= 11 is 4.70. The normalized spacial score (nSPS) is 16.2. The van der Waals surface area contributed by atoms with Crippen LogP contribution in [0.4, 0.5) is 4.79 Å². The molecule has 0 unspecified atom stereocenters. The Balaban J connectivity index is 1.78. The summed E-state index contributed by atoms with van der Waals surface area (Å²) in [6.45, 7) is 0. The van der Waals surface area contributed by atoms with E-state index in [1.165, 1.54) is 11.3 Å². The Kier molecular flexibility index (Phi) is 3.29. The molecular weight excluding hydrogens is 346 g/mol. The first-order valence-electron chi connectivity index (χ1n) is 6.14. The first-order chi connectivity index (χ1) is 9.47. The third kappa shape index (κ3) is 2.71. The number of primary amides is 1. The molecule has 20 heavy (non-hydrogen) atoms. The van der Waals surface area contributed by atoms with Crippen molar-refractivity contribution in [3.8, 4) is 0 Å². The topological polar surface area (TPSA) is 98.1 Å². The summed E-state index contributed by atoms with van der Waals surface area (Å²) in [6.07, 6.45) is 2.04. The van der Waals surface area contributed by atoms with Crippen LogP contribution in [0, 0.1) is 0 Å². The van der Waals surface area contributed by atoms with Crippen LogP contribution in [-0.2, 0) is 11.2 Å². The number of hydrogen-bond donors (Lipinski definition) is 2. The summed E-state index contributed by atoms with van der Waals surface area (Å²) in [5.74, 6) is 0.604. The minimum atomic E-state index is -0.749. The highest BCUT2D eigenvalue weighted by molar-refractivity contribution is 9.11. The number of carbonyl (C=O) groups excluding carboxylic acids is 1. The highest BCUT2D eigenvalue weighted by Crippen LogP contribution is 2.43. The van der Waals surface area contributed by atoms with Gasteiger partial charge in [0.2, 0.25) is 0 Å². The molecule has 0 aromatic carbocycles. The third-order valence-electron chi connectivity index (χ3n) is 3.34. The van der Waals surface area contributed by atoms with Gasteiger partial charge in [-0.15, -0.1) is 11.3 Å². The van der Waals surface area contributed by atoms with E-state index in [1.54, 1.807) is 0 Å². The van der Waals surface area contributed by atoms with Crippen molar-refractivity contribution < 1.29 is 9.53 Å². The van der Waals surface area contributed by atoms with Crippen LogP contribution >= 0.6 is 27.3 Å². The lowest BCUT2D eigenvalue weighted by atomic mass is 10.1. The molecule has 2 aromatic rings. The molecule has 0 bridgehead atoms. The van der Waals surface area contributed by atoms with Crippen molar-refractivity contribution in [3.63, 3.8) is 0 Å². The molecule has 8 heteroatoms. The second kappa shape index (κ2) is 4.85. The molecule has 0 atom stereocenters. The first kappa shape index (κ1) is 13.6. The Morgan fingerprint density at radius 2 is 2.35 bits per heavy atom. The molecule has 0 aliphatic heterocycles. The number of aryl methyl sites for hydroxylation is 1. The van der Waals surface area contributed by atoms with E-state index in [0.29, 0.717) is 28.9 Å². The number of rotatable bonds is 4. The third-order valence-corrected chi connectivity index (χ3v) is 4.97. The van der Waals surface area contributed by atoms with E-state index >= 15 is 0 Å². The van der Waals surface area contributed by atoms with Gasteiger partial charge in [0.25, 0.3) is 5.56 Å². The van der Waals surface area contributed by atoms with Gasteiger partial charge in [0.1, 0.15) is 16.1 Å². The predicted molar refractivity (Wildman–Crippen MR) is 78.9 cm³/mol. The molecule has 106 valence electrons. The maximum atomic E-state index is 11.9. The lowest BCUT2D eigenvalue weighted by Crippen LogP contribution is -2.25. The molecule has 2 aromatic heterocycles. The highest BCUT2D eigenvalue weighted by Gasteiger charge is 2.46. The fraction of sp³-hybridized carbons (Fsp3) is 0.417. The number of aromatic nitrogens is 2. The SMILES string of the molecule is NC(=O)OC1(CCc2nc3cc(Br)sc3c(=O)[nH]2)CC1. The molecule has 1 aliphatic carbocycles. The Morgan fingerprint density at radius 1 is 1.60 bits per heavy atom. The second-order valence-corrected chi connectivity index (χ2v) is 7.31. The Hall–Kier alpha value is -1.41. The van der Waals surface area contributed by atoms with Crippen LogP contribution in [-0.4, -0.2) is 21.7 Å². The van der Waals surface area contributed by atoms with E-state index in [-0.39, 0.29) is 5.56 Å². The zero-order chi connectivity index (χ0) is 14.3. The number of H-pyrrole nitrogens is 1. The summed E-state index contributed by atoms with van der Waals surface area (Å²) < 4.78 is 6.59. The number of ether oxygens (including phenoxy) is 1. The van der Waals surface area contributed by atoms with E-state index in [4.69, 9.17) is 10.5 Å². The van der Waals surface area contributed by atoms with Crippen molar-refractivity contribution >= 4 is 43.6 Å². The van der Waals surface area contributed by atoms with E-state index in [1.807, 2.05) is 6.07 Å². The van der Waals surface area contributed by atoms with E-state index in [9.17, 15) is 9.59 Å². The maximum Gasteiger partial charge on any atom is 0.405 e. The molecular formula is C12H12BrN3O3S. The summed E-state index contributed by atoms with van der Waals surface area (Å²) in [4.78, 5) is 29.9. The first-order valence-corrected chi connectivity index (χ1v) is 7.75. The van der Waals surface area contributed by atoms with Crippen LogP contribution < -0.4 is 11.3 Å². The van der Waals surface area contributed by atoms with Crippen LogP contribution in [0.1, 0.15) is 25.1 Å². The zero-order valence-corrected chi connectivity index (χ0v) is 12.8. The van der Waals surface area contributed by atoms with Crippen molar-refractivity contribution in [1.82, 2.24) is 9.97 Å². The number of carbonyl (C=O) groups is 1. The number of nitrogens with two attached hydrogens (primary N) is 1. The standard InChI is InChI=1S/C12H12BrN3O3S/c13-7-5-6-9(20-7)10(17)16-8(15-6)1-2-12(3-4-12)19-11(14)18/h5H,1-4H2,(H2,14,18)(H,15,16,17). The van der Waals surface area contributed by atoms with E-state index in [0.717, 1.165) is 16.6 Å². The van der Waals surface area contributed by atoms with Crippen molar-refractivity contribution in [1.29, 1.82) is 0 Å². The average Bonchev–Trinajstić information content (AvgIpc) is 2.99. The van der Waals surface area contributed by atoms with Gasteiger partial charge in [-0.3, -0.25) is 4.79 Å². The van der Waals surface area contributed by atoms with Gasteiger partial charge in [-0.25, -0.2) is 9.78 Å². The summed E-state index contributed by atoms with van der Waals surface area (Å²) in [7, 11) is 0. The molecule has 3 N–H and O–H groups in total. The second-order valence-electron chi connectivity index (χ2n) is 4.88. The Morgan fingerprint density at radius 3 is 3.00 bits per heavy atom. The molecule has 1 aliphatic rings. The molecule has 1 saturated carbocycles. The van der Waals surface area contributed by atoms with Gasteiger partial charge in [0.15, 0.2) is 0 Å². The van der Waals surface area contributed by atoms with Crippen LogP contribution in [0.3, 0.4) is 0 Å². The fourth-order valence-corrected chi connectivity index (χ4v) is 3.60. The smallest absolute Gasteiger partial charge is 0.405 e. The Labute approximate surface area is 126 Å². The van der Waals surface area contributed by atoms with Crippen LogP contribution in [0.25, 0.3) is 10.2 Å². The number of halogens is 1. The number of nitrogens with one attached hydrogen (secondary N) is 1. The summed E-state index contributed by atoms with van der Waals surface area (Å²) in [5.41, 5.74) is 5.14.